The summed E-state index contributed by atoms with van der Waals surface area (Å²) < 4.78 is 36.6. The van der Waals surface area contributed by atoms with Crippen molar-refractivity contribution in [1.82, 2.24) is 14.9 Å². The summed E-state index contributed by atoms with van der Waals surface area (Å²) in [6.45, 7) is 1.30. The highest BCUT2D eigenvalue weighted by molar-refractivity contribution is 5.82. The van der Waals surface area contributed by atoms with Crippen molar-refractivity contribution in [1.29, 1.82) is 0 Å². The largest absolute Gasteiger partial charge is 0.394 e. The third-order valence-corrected chi connectivity index (χ3v) is 1.15. The van der Waals surface area contributed by atoms with Gasteiger partial charge in [0.25, 0.3) is 0 Å². The summed E-state index contributed by atoms with van der Waals surface area (Å²) in [5.41, 5.74) is -0.0349. The smallest absolute Gasteiger partial charge is 0.208 e. The Balaban J connectivity index is 2.63. The Kier molecular flexibility index (Phi) is 2.64. The molecule has 1 aromatic heterocycles. The van der Waals surface area contributed by atoms with E-state index in [-0.39, 0.29) is 5.71 Å². The van der Waals surface area contributed by atoms with Crippen molar-refractivity contribution in [3.05, 3.63) is 12.7 Å². The van der Waals surface area contributed by atoms with Gasteiger partial charge in [0.1, 0.15) is 12.7 Å². The van der Waals surface area contributed by atoms with Crippen LogP contribution in [0.5, 0.6) is 0 Å². The summed E-state index contributed by atoms with van der Waals surface area (Å²) in [5, 5.41) is 10.4. The van der Waals surface area contributed by atoms with E-state index in [1.807, 2.05) is 0 Å². The minimum absolute atomic E-state index is 0.0349. The Morgan fingerprint density at radius 1 is 1.38 bits per heavy atom. The number of rotatable bonds is 2. The molecule has 0 atom stereocenters. The Hall–Kier alpha value is -1.40. The monoisotopic (exact) mass is 192 g/mol. The average Bonchev–Trinajstić information content (AvgIpc) is 2.34. The molecule has 0 spiro atoms. The zero-order chi connectivity index (χ0) is 9.90. The van der Waals surface area contributed by atoms with Gasteiger partial charge in [0, 0.05) is 5.71 Å². The number of hydrogen-bond donors (Lipinski definition) is 0. The first-order valence-corrected chi connectivity index (χ1v) is 3.43. The second-order valence-corrected chi connectivity index (χ2v) is 2.47. The molecule has 0 saturated heterocycles. The average molecular weight is 192 g/mol. The molecule has 0 radical (unpaired) electrons. The quantitative estimate of drug-likeness (QED) is 0.665. The molecule has 13 heavy (non-hydrogen) atoms. The van der Waals surface area contributed by atoms with Gasteiger partial charge in [0.2, 0.25) is 0 Å². The highest BCUT2D eigenvalue weighted by Gasteiger charge is 2.28. The first-order valence-electron chi connectivity index (χ1n) is 3.43. The molecule has 7 heteroatoms. The molecule has 0 aromatic carbocycles. The van der Waals surface area contributed by atoms with Crippen LogP contribution in [0.1, 0.15) is 13.3 Å². The SMILES string of the molecule is C/C(CC(F)(F)F)=N\n1cnnc1. The van der Waals surface area contributed by atoms with E-state index in [1.54, 1.807) is 0 Å². The summed E-state index contributed by atoms with van der Waals surface area (Å²) >= 11 is 0. The van der Waals surface area contributed by atoms with Crippen molar-refractivity contribution < 1.29 is 13.2 Å². The standard InChI is InChI=1S/C6H7F3N4/c1-5(2-6(7,8)9)12-13-3-10-11-4-13/h3-4H,2H2,1H3/b12-5+. The van der Waals surface area contributed by atoms with Gasteiger partial charge in [-0.1, -0.05) is 0 Å². The summed E-state index contributed by atoms with van der Waals surface area (Å²) in [7, 11) is 0. The fourth-order valence-electron chi connectivity index (χ4n) is 0.769. The lowest BCUT2D eigenvalue weighted by Crippen LogP contribution is -2.13. The first-order chi connectivity index (χ1) is 5.97. The maximum absolute atomic E-state index is 11.8. The van der Waals surface area contributed by atoms with E-state index < -0.39 is 12.6 Å². The molecule has 0 unspecified atom stereocenters. The summed E-state index contributed by atoms with van der Waals surface area (Å²) in [5.74, 6) is 0. The van der Waals surface area contributed by atoms with Crippen molar-refractivity contribution in [2.45, 2.75) is 19.5 Å². The zero-order valence-corrected chi connectivity index (χ0v) is 6.78. The molecule has 0 N–H and O–H groups in total. The molecule has 72 valence electrons. The highest BCUT2D eigenvalue weighted by atomic mass is 19.4. The number of nitrogens with zero attached hydrogens (tertiary/aromatic N) is 4. The third-order valence-electron chi connectivity index (χ3n) is 1.15. The van der Waals surface area contributed by atoms with Gasteiger partial charge >= 0.3 is 6.18 Å². The Morgan fingerprint density at radius 3 is 2.38 bits per heavy atom. The first kappa shape index (κ1) is 9.69. The molecule has 1 rings (SSSR count). The van der Waals surface area contributed by atoms with Crippen molar-refractivity contribution in [3.8, 4) is 0 Å². The van der Waals surface area contributed by atoms with Crippen LogP contribution in [0.4, 0.5) is 13.2 Å². The van der Waals surface area contributed by atoms with E-state index in [0.717, 1.165) is 4.68 Å². The van der Waals surface area contributed by atoms with Gasteiger partial charge < -0.3 is 0 Å². The van der Waals surface area contributed by atoms with Crippen LogP contribution in [-0.2, 0) is 0 Å². The number of halogens is 3. The topological polar surface area (TPSA) is 43.1 Å². The fourth-order valence-corrected chi connectivity index (χ4v) is 0.769. The Labute approximate surface area is 72.1 Å². The minimum atomic E-state index is -4.22. The number of aromatic nitrogens is 3. The fraction of sp³-hybridized carbons (Fsp3) is 0.500. The van der Waals surface area contributed by atoms with Crippen LogP contribution in [0.15, 0.2) is 17.8 Å². The molecular weight excluding hydrogens is 185 g/mol. The molecule has 0 fully saturated rings. The highest BCUT2D eigenvalue weighted by Crippen LogP contribution is 2.19. The van der Waals surface area contributed by atoms with E-state index in [4.69, 9.17) is 0 Å². The van der Waals surface area contributed by atoms with Gasteiger partial charge in [0.15, 0.2) is 0 Å². The molecular formula is C6H7F3N4. The summed E-state index contributed by atoms with van der Waals surface area (Å²) in [6, 6.07) is 0. The summed E-state index contributed by atoms with van der Waals surface area (Å²) in [6.07, 6.45) is -2.80. The van der Waals surface area contributed by atoms with Crippen LogP contribution in [-0.4, -0.2) is 26.8 Å². The molecule has 0 amide bonds. The number of hydrogen-bond acceptors (Lipinski definition) is 3. The van der Waals surface area contributed by atoms with Gasteiger partial charge in [0.05, 0.1) is 6.42 Å². The molecule has 4 nitrogen and oxygen atoms in total. The van der Waals surface area contributed by atoms with Gasteiger partial charge in [-0.25, -0.2) is 4.68 Å². The van der Waals surface area contributed by atoms with Crippen molar-refractivity contribution in [2.75, 3.05) is 0 Å². The minimum Gasteiger partial charge on any atom is -0.208 e. The maximum Gasteiger partial charge on any atom is 0.394 e. The van der Waals surface area contributed by atoms with Gasteiger partial charge in [-0.05, 0) is 6.92 Å². The van der Waals surface area contributed by atoms with E-state index >= 15 is 0 Å². The third kappa shape index (κ3) is 3.68. The van der Waals surface area contributed by atoms with Gasteiger partial charge in [-0.15, -0.1) is 10.2 Å². The van der Waals surface area contributed by atoms with Crippen molar-refractivity contribution in [2.24, 2.45) is 5.10 Å². The lowest BCUT2D eigenvalue weighted by Gasteiger charge is -2.04. The molecule has 0 bridgehead atoms. The van der Waals surface area contributed by atoms with Crippen LogP contribution in [0, 0.1) is 0 Å². The second kappa shape index (κ2) is 3.55. The van der Waals surface area contributed by atoms with E-state index in [1.165, 1.54) is 19.6 Å². The Morgan fingerprint density at radius 2 is 1.92 bits per heavy atom. The molecule has 1 heterocycles. The van der Waals surface area contributed by atoms with E-state index in [9.17, 15) is 13.2 Å². The second-order valence-electron chi connectivity index (χ2n) is 2.47. The van der Waals surface area contributed by atoms with Gasteiger partial charge in [-0.3, -0.25) is 0 Å². The molecule has 0 saturated carbocycles. The lowest BCUT2D eigenvalue weighted by atomic mass is 10.3. The van der Waals surface area contributed by atoms with Crippen LogP contribution in [0.3, 0.4) is 0 Å². The van der Waals surface area contributed by atoms with Crippen molar-refractivity contribution in [3.63, 3.8) is 0 Å². The maximum atomic E-state index is 11.8. The van der Waals surface area contributed by atoms with Crippen LogP contribution in [0.25, 0.3) is 0 Å². The summed E-state index contributed by atoms with van der Waals surface area (Å²) in [4.78, 5) is 0. The zero-order valence-electron chi connectivity index (χ0n) is 6.78. The van der Waals surface area contributed by atoms with E-state index in [2.05, 4.69) is 15.3 Å². The lowest BCUT2D eigenvalue weighted by molar-refractivity contribution is -0.121. The molecule has 0 aliphatic rings. The molecule has 0 aliphatic heterocycles. The van der Waals surface area contributed by atoms with Crippen LogP contribution >= 0.6 is 0 Å². The Bertz CT molecular complexity index is 287. The van der Waals surface area contributed by atoms with Crippen molar-refractivity contribution >= 4 is 5.71 Å². The van der Waals surface area contributed by atoms with Crippen LogP contribution < -0.4 is 0 Å². The molecule has 0 aliphatic carbocycles. The predicted molar refractivity (Wildman–Crippen MR) is 39.2 cm³/mol. The molecule has 1 aromatic rings. The van der Waals surface area contributed by atoms with E-state index in [0.29, 0.717) is 0 Å². The van der Waals surface area contributed by atoms with Gasteiger partial charge in [-0.2, -0.15) is 18.3 Å². The number of alkyl halides is 3. The van der Waals surface area contributed by atoms with Crippen LogP contribution in [0.2, 0.25) is 0 Å². The normalized spacial score (nSPS) is 13.4. The predicted octanol–water partition coefficient (Wildman–Crippen LogP) is 1.45.